The van der Waals surface area contributed by atoms with Crippen LogP contribution in [0, 0.1) is 35.4 Å². The van der Waals surface area contributed by atoms with Crippen molar-refractivity contribution < 1.29 is 30.4 Å². The Labute approximate surface area is 201 Å². The second kappa shape index (κ2) is 8.75. The van der Waals surface area contributed by atoms with E-state index >= 15 is 0 Å². The largest absolute Gasteiger partial charge is 0.430 e. The second-order valence-electron chi connectivity index (χ2n) is 7.68. The Kier molecular flexibility index (Phi) is 6.03. The first-order valence-corrected chi connectivity index (χ1v) is 11.5. The van der Waals surface area contributed by atoms with Crippen molar-refractivity contribution in [3.8, 4) is 29.5 Å². The van der Waals surface area contributed by atoms with Crippen LogP contribution < -0.4 is 4.72 Å². The third-order valence-corrected chi connectivity index (χ3v) is 6.80. The number of fused-ring (bicyclic) bond motifs is 1. The molecule has 1 atom stereocenters. The Morgan fingerprint density at radius 3 is 2.47 bits per heavy atom. The number of halogens is 4. The van der Waals surface area contributed by atoms with Gasteiger partial charge in [0.05, 0.1) is 22.5 Å². The lowest BCUT2D eigenvalue weighted by Gasteiger charge is -2.17. The molecule has 0 amide bonds. The first kappa shape index (κ1) is 24.8. The number of pyridine rings is 1. The number of rotatable bonds is 5. The lowest BCUT2D eigenvalue weighted by atomic mass is 10.1. The van der Waals surface area contributed by atoms with E-state index in [-0.39, 0.29) is 39.6 Å². The lowest BCUT2D eigenvalue weighted by molar-refractivity contribution is -0.147. The van der Waals surface area contributed by atoms with Gasteiger partial charge in [-0.3, -0.25) is 9.55 Å². The Hall–Kier alpha value is -4.27. The molecule has 3 heterocycles. The number of sulfonamides is 1. The molecule has 0 aliphatic rings. The number of nitrogens with one attached hydrogen (secondary N) is 1. The van der Waals surface area contributed by atoms with Crippen LogP contribution in [0.2, 0.25) is 0 Å². The molecule has 0 fully saturated rings. The van der Waals surface area contributed by atoms with Crippen LogP contribution in [0.15, 0.2) is 46.0 Å². The van der Waals surface area contributed by atoms with Crippen LogP contribution in [0.1, 0.15) is 23.7 Å². The van der Waals surface area contributed by atoms with Gasteiger partial charge in [-0.1, -0.05) is 0 Å². The smallest absolute Gasteiger partial charge is 0.404 e. The van der Waals surface area contributed by atoms with Gasteiger partial charge in [0.2, 0.25) is 10.0 Å². The van der Waals surface area contributed by atoms with Crippen LogP contribution in [0.4, 0.5) is 17.6 Å². The highest BCUT2D eigenvalue weighted by Gasteiger charge is 2.39. The number of alkyl halides is 3. The minimum atomic E-state index is -4.80. The number of hydrogen-bond donors (Lipinski definition) is 1. The quantitative estimate of drug-likeness (QED) is 0.393. The zero-order chi connectivity index (χ0) is 26.4. The standard InChI is InChI=1S/C22H14F4N6O3S/c1-11-5-19-15(6-17(11)23)16(8-28)20(32(19)21-30-13(7-27)10-35-21)18-4-3-14(9-29-18)36(33,34)31-12(2)22(24,25)26/h3-6,9-10,12,31H,1-2H3/t12-/m0/s1. The molecule has 14 heteroatoms. The van der Waals surface area contributed by atoms with E-state index in [1.54, 1.807) is 6.07 Å². The lowest BCUT2D eigenvalue weighted by Crippen LogP contribution is -2.42. The molecule has 1 N–H and O–H groups in total. The first-order chi connectivity index (χ1) is 16.9. The summed E-state index contributed by atoms with van der Waals surface area (Å²) in [6, 6.07) is 6.05. The minimum Gasteiger partial charge on any atom is -0.430 e. The third kappa shape index (κ3) is 4.28. The summed E-state index contributed by atoms with van der Waals surface area (Å²) in [7, 11) is -4.58. The average molecular weight is 518 g/mol. The SMILES string of the molecule is Cc1cc2c(cc1F)c(C#N)c(-c1ccc(S(=O)(=O)N[C@@H](C)C(F)(F)F)cn1)n2-c1nc(C#N)co1. The van der Waals surface area contributed by atoms with Gasteiger partial charge in [0, 0.05) is 11.6 Å². The molecule has 0 bridgehead atoms. The molecule has 0 spiro atoms. The van der Waals surface area contributed by atoms with Gasteiger partial charge in [-0.2, -0.15) is 33.4 Å². The Balaban J connectivity index is 1.91. The molecule has 4 rings (SSSR count). The molecule has 3 aromatic heterocycles. The van der Waals surface area contributed by atoms with Crippen molar-refractivity contribution >= 4 is 20.9 Å². The molecule has 0 saturated heterocycles. The van der Waals surface area contributed by atoms with Crippen LogP contribution >= 0.6 is 0 Å². The number of hydrogen-bond acceptors (Lipinski definition) is 7. The fourth-order valence-electron chi connectivity index (χ4n) is 3.43. The van der Waals surface area contributed by atoms with E-state index in [0.717, 1.165) is 24.6 Å². The minimum absolute atomic E-state index is 0.0142. The van der Waals surface area contributed by atoms with Gasteiger partial charge in [-0.25, -0.2) is 12.8 Å². The number of oxazole rings is 1. The molecule has 0 aliphatic heterocycles. The van der Waals surface area contributed by atoms with Gasteiger partial charge in [0.25, 0.3) is 0 Å². The zero-order valence-corrected chi connectivity index (χ0v) is 19.2. The van der Waals surface area contributed by atoms with Crippen molar-refractivity contribution in [1.82, 2.24) is 19.3 Å². The normalized spacial score (nSPS) is 12.9. The van der Waals surface area contributed by atoms with E-state index in [1.807, 2.05) is 6.07 Å². The maximum atomic E-state index is 14.4. The number of benzene rings is 1. The highest BCUT2D eigenvalue weighted by molar-refractivity contribution is 7.89. The Morgan fingerprint density at radius 2 is 1.92 bits per heavy atom. The van der Waals surface area contributed by atoms with Crippen molar-refractivity contribution in [2.45, 2.75) is 31.0 Å². The van der Waals surface area contributed by atoms with Crippen molar-refractivity contribution in [2.75, 3.05) is 0 Å². The zero-order valence-electron chi connectivity index (χ0n) is 18.4. The first-order valence-electron chi connectivity index (χ1n) is 10.0. The van der Waals surface area contributed by atoms with Crippen molar-refractivity contribution in [1.29, 1.82) is 10.5 Å². The van der Waals surface area contributed by atoms with Gasteiger partial charge in [0.15, 0.2) is 5.69 Å². The summed E-state index contributed by atoms with van der Waals surface area (Å²) in [6.07, 6.45) is -2.90. The summed E-state index contributed by atoms with van der Waals surface area (Å²) in [6.45, 7) is 2.16. The van der Waals surface area contributed by atoms with Crippen molar-refractivity contribution in [3.63, 3.8) is 0 Å². The summed E-state index contributed by atoms with van der Waals surface area (Å²) in [5.41, 5.74) is 0.473. The van der Waals surface area contributed by atoms with Gasteiger partial charge < -0.3 is 4.42 Å². The van der Waals surface area contributed by atoms with Crippen molar-refractivity contribution in [2.24, 2.45) is 0 Å². The van der Waals surface area contributed by atoms with Gasteiger partial charge in [0.1, 0.15) is 35.2 Å². The fourth-order valence-corrected chi connectivity index (χ4v) is 4.60. The summed E-state index contributed by atoms with van der Waals surface area (Å²) in [5, 5.41) is 19.2. The summed E-state index contributed by atoms with van der Waals surface area (Å²) in [5.74, 6) is -0.591. The molecule has 4 aromatic rings. The Bertz CT molecular complexity index is 1680. The molecule has 0 aliphatic carbocycles. The summed E-state index contributed by atoms with van der Waals surface area (Å²) < 4.78 is 85.8. The number of nitrogens with zero attached hydrogens (tertiary/aromatic N) is 5. The molecule has 0 radical (unpaired) electrons. The predicted octanol–water partition coefficient (Wildman–Crippen LogP) is 4.10. The maximum absolute atomic E-state index is 14.4. The van der Waals surface area contributed by atoms with E-state index in [1.165, 1.54) is 28.3 Å². The monoisotopic (exact) mass is 518 g/mol. The van der Waals surface area contributed by atoms with Crippen LogP contribution in [-0.2, 0) is 10.0 Å². The number of aryl methyl sites for hydroxylation is 1. The van der Waals surface area contributed by atoms with E-state index in [4.69, 9.17) is 9.68 Å². The Morgan fingerprint density at radius 1 is 1.19 bits per heavy atom. The predicted molar refractivity (Wildman–Crippen MR) is 117 cm³/mol. The molecule has 9 nitrogen and oxygen atoms in total. The van der Waals surface area contributed by atoms with Crippen LogP contribution in [0.25, 0.3) is 28.3 Å². The second-order valence-corrected chi connectivity index (χ2v) is 9.39. The average Bonchev–Trinajstić information content (AvgIpc) is 3.40. The highest BCUT2D eigenvalue weighted by Crippen LogP contribution is 2.36. The van der Waals surface area contributed by atoms with Crippen LogP contribution in [0.3, 0.4) is 0 Å². The molecule has 0 unspecified atom stereocenters. The van der Waals surface area contributed by atoms with E-state index in [9.17, 15) is 31.2 Å². The summed E-state index contributed by atoms with van der Waals surface area (Å²) in [4.78, 5) is 7.54. The fraction of sp³-hybridized carbons (Fsp3) is 0.182. The van der Waals surface area contributed by atoms with Gasteiger partial charge in [-0.05, 0) is 43.7 Å². The molecule has 36 heavy (non-hydrogen) atoms. The van der Waals surface area contributed by atoms with Crippen molar-refractivity contribution in [3.05, 3.63) is 59.4 Å². The van der Waals surface area contributed by atoms with E-state index in [2.05, 4.69) is 9.97 Å². The molecular weight excluding hydrogens is 504 g/mol. The van der Waals surface area contributed by atoms with Crippen LogP contribution in [0.5, 0.6) is 0 Å². The van der Waals surface area contributed by atoms with E-state index < -0.39 is 33.0 Å². The van der Waals surface area contributed by atoms with Gasteiger partial charge >= 0.3 is 12.2 Å². The molecule has 0 saturated carbocycles. The number of nitriles is 2. The molecule has 184 valence electrons. The molecule has 1 aromatic carbocycles. The third-order valence-electron chi connectivity index (χ3n) is 5.27. The highest BCUT2D eigenvalue weighted by atomic mass is 32.2. The maximum Gasteiger partial charge on any atom is 0.404 e. The number of aromatic nitrogens is 3. The topological polar surface area (TPSA) is 138 Å². The van der Waals surface area contributed by atoms with Crippen LogP contribution in [-0.4, -0.2) is 35.2 Å². The summed E-state index contributed by atoms with van der Waals surface area (Å²) >= 11 is 0. The van der Waals surface area contributed by atoms with Gasteiger partial charge in [-0.15, -0.1) is 0 Å². The molecular formula is C22H14F4N6O3S. The van der Waals surface area contributed by atoms with E-state index in [0.29, 0.717) is 12.4 Å².